The zero-order valence-corrected chi connectivity index (χ0v) is 28.1. The summed E-state index contributed by atoms with van der Waals surface area (Å²) in [4.78, 5) is 2.41. The maximum absolute atomic E-state index is 2.41. The lowest BCUT2D eigenvalue weighted by atomic mass is 9.96. The fraction of sp³-hybridized carbons (Fsp3) is 0. The first-order valence-electron chi connectivity index (χ1n) is 17.1. The molecule has 0 saturated heterocycles. The summed E-state index contributed by atoms with van der Waals surface area (Å²) in [6.45, 7) is 0. The van der Waals surface area contributed by atoms with E-state index in [9.17, 15) is 0 Å². The standard InChI is InChI=1S/C48H31NS/c1-3-10-35-26-39(18-16-32(35)8-1)36-12-7-13-37(27-36)40-19-17-34-21-23-43(30-41(34)28-40)49(42-22-20-33-9-2-4-11-38(33)29-42)44-24-25-48-46(31-44)45-14-5-6-15-47(45)50-48/h1-31H. The number of fused-ring (bicyclic) bond motifs is 6. The number of rotatable bonds is 5. The van der Waals surface area contributed by atoms with Crippen molar-refractivity contribution in [1.29, 1.82) is 0 Å². The van der Waals surface area contributed by atoms with Crippen molar-refractivity contribution in [3.63, 3.8) is 0 Å². The highest BCUT2D eigenvalue weighted by Gasteiger charge is 2.16. The fourth-order valence-electron chi connectivity index (χ4n) is 7.42. The van der Waals surface area contributed by atoms with Crippen LogP contribution in [0.4, 0.5) is 17.1 Å². The van der Waals surface area contributed by atoms with E-state index >= 15 is 0 Å². The second-order valence-electron chi connectivity index (χ2n) is 13.0. The fourth-order valence-corrected chi connectivity index (χ4v) is 8.50. The van der Waals surface area contributed by atoms with Crippen molar-refractivity contribution in [2.24, 2.45) is 0 Å². The molecule has 50 heavy (non-hydrogen) atoms. The molecule has 0 bridgehead atoms. The van der Waals surface area contributed by atoms with Gasteiger partial charge in [0.2, 0.25) is 0 Å². The lowest BCUT2D eigenvalue weighted by Gasteiger charge is -2.26. The number of hydrogen-bond acceptors (Lipinski definition) is 2. The van der Waals surface area contributed by atoms with Crippen molar-refractivity contribution in [2.75, 3.05) is 4.90 Å². The van der Waals surface area contributed by atoms with Gasteiger partial charge < -0.3 is 4.90 Å². The Labute approximate surface area is 294 Å². The van der Waals surface area contributed by atoms with Gasteiger partial charge in [0.25, 0.3) is 0 Å². The van der Waals surface area contributed by atoms with E-state index in [1.165, 1.54) is 74.7 Å². The van der Waals surface area contributed by atoms with Crippen LogP contribution in [-0.2, 0) is 0 Å². The van der Waals surface area contributed by atoms with Crippen LogP contribution in [0.1, 0.15) is 0 Å². The minimum atomic E-state index is 1.13. The summed E-state index contributed by atoms with van der Waals surface area (Å²) in [6, 6.07) is 68.9. The van der Waals surface area contributed by atoms with Crippen molar-refractivity contribution in [3.8, 4) is 22.3 Å². The molecule has 0 fully saturated rings. The Morgan fingerprint density at radius 1 is 0.280 bits per heavy atom. The molecule has 0 spiro atoms. The normalized spacial score (nSPS) is 11.6. The molecule has 0 atom stereocenters. The van der Waals surface area contributed by atoms with Crippen LogP contribution in [0.3, 0.4) is 0 Å². The second kappa shape index (κ2) is 11.7. The molecule has 0 unspecified atom stereocenters. The largest absolute Gasteiger partial charge is 0.310 e. The van der Waals surface area contributed by atoms with E-state index in [-0.39, 0.29) is 0 Å². The first-order chi connectivity index (χ1) is 24.7. The molecule has 0 aliphatic heterocycles. The van der Waals surface area contributed by atoms with E-state index in [0.717, 1.165) is 17.1 Å². The van der Waals surface area contributed by atoms with E-state index in [0.29, 0.717) is 0 Å². The molecule has 1 aromatic heterocycles. The minimum absolute atomic E-state index is 1.13. The summed E-state index contributed by atoms with van der Waals surface area (Å²) < 4.78 is 2.63. The van der Waals surface area contributed by atoms with Crippen molar-refractivity contribution < 1.29 is 0 Å². The highest BCUT2D eigenvalue weighted by Crippen LogP contribution is 2.42. The van der Waals surface area contributed by atoms with Crippen molar-refractivity contribution >= 4 is 80.9 Å². The molecule has 9 aromatic carbocycles. The molecule has 234 valence electrons. The first-order valence-corrected chi connectivity index (χ1v) is 17.9. The molecule has 0 aliphatic rings. The molecule has 0 radical (unpaired) electrons. The van der Waals surface area contributed by atoms with E-state index in [1.54, 1.807) is 0 Å². The lowest BCUT2D eigenvalue weighted by Crippen LogP contribution is -2.09. The van der Waals surface area contributed by atoms with Crippen LogP contribution < -0.4 is 4.90 Å². The highest BCUT2D eigenvalue weighted by molar-refractivity contribution is 7.25. The predicted molar refractivity (Wildman–Crippen MR) is 217 cm³/mol. The van der Waals surface area contributed by atoms with Gasteiger partial charge in [-0.15, -0.1) is 11.3 Å². The zero-order chi connectivity index (χ0) is 33.0. The van der Waals surface area contributed by atoms with Gasteiger partial charge in [-0.25, -0.2) is 0 Å². The number of thiophene rings is 1. The third-order valence-corrected chi connectivity index (χ3v) is 11.1. The van der Waals surface area contributed by atoms with Gasteiger partial charge in [0.15, 0.2) is 0 Å². The van der Waals surface area contributed by atoms with Gasteiger partial charge in [-0.2, -0.15) is 0 Å². The molecule has 1 nitrogen and oxygen atoms in total. The topological polar surface area (TPSA) is 3.24 Å². The summed E-state index contributed by atoms with van der Waals surface area (Å²) in [5.74, 6) is 0. The van der Waals surface area contributed by atoms with Gasteiger partial charge in [-0.3, -0.25) is 0 Å². The van der Waals surface area contributed by atoms with Gasteiger partial charge in [0, 0.05) is 37.2 Å². The van der Waals surface area contributed by atoms with Gasteiger partial charge >= 0.3 is 0 Å². The number of anilines is 3. The Morgan fingerprint density at radius 3 is 1.48 bits per heavy atom. The van der Waals surface area contributed by atoms with Crippen molar-refractivity contribution in [1.82, 2.24) is 0 Å². The van der Waals surface area contributed by atoms with Crippen LogP contribution >= 0.6 is 11.3 Å². The van der Waals surface area contributed by atoms with E-state index in [2.05, 4.69) is 193 Å². The SMILES string of the molecule is c1cc(-c2ccc3ccccc3c2)cc(-c2ccc3ccc(N(c4ccc5ccccc5c4)c4ccc5sc6ccccc6c5c4)cc3c2)c1. The minimum Gasteiger partial charge on any atom is -0.310 e. The summed E-state index contributed by atoms with van der Waals surface area (Å²) in [7, 11) is 0. The molecule has 10 aromatic rings. The quantitative estimate of drug-likeness (QED) is 0.179. The highest BCUT2D eigenvalue weighted by atomic mass is 32.1. The number of nitrogens with zero attached hydrogens (tertiary/aromatic N) is 1. The van der Waals surface area contributed by atoms with E-state index in [4.69, 9.17) is 0 Å². The third-order valence-electron chi connectivity index (χ3n) is 9.97. The Balaban J connectivity index is 1.10. The molecular weight excluding hydrogens is 623 g/mol. The molecule has 0 N–H and O–H groups in total. The average molecular weight is 654 g/mol. The number of benzene rings is 9. The summed E-state index contributed by atoms with van der Waals surface area (Å²) in [6.07, 6.45) is 0. The Morgan fingerprint density at radius 2 is 0.760 bits per heavy atom. The lowest BCUT2D eigenvalue weighted by molar-refractivity contribution is 1.30. The van der Waals surface area contributed by atoms with Crippen LogP contribution in [0.5, 0.6) is 0 Å². The van der Waals surface area contributed by atoms with Crippen LogP contribution in [0.25, 0.3) is 74.7 Å². The van der Waals surface area contributed by atoms with Crippen LogP contribution in [-0.4, -0.2) is 0 Å². The molecule has 2 heteroatoms. The van der Waals surface area contributed by atoms with Crippen LogP contribution in [0.2, 0.25) is 0 Å². The molecule has 1 heterocycles. The van der Waals surface area contributed by atoms with Crippen LogP contribution in [0.15, 0.2) is 188 Å². The Hall–Kier alpha value is -6.22. The monoisotopic (exact) mass is 653 g/mol. The predicted octanol–water partition coefficient (Wildman–Crippen LogP) is 14.3. The Kier molecular flexibility index (Phi) is 6.75. The summed E-state index contributed by atoms with van der Waals surface area (Å²) in [5.41, 5.74) is 8.30. The van der Waals surface area contributed by atoms with Gasteiger partial charge in [0.05, 0.1) is 0 Å². The maximum Gasteiger partial charge on any atom is 0.0468 e. The van der Waals surface area contributed by atoms with Gasteiger partial charge in [-0.1, -0.05) is 121 Å². The van der Waals surface area contributed by atoms with E-state index < -0.39 is 0 Å². The van der Waals surface area contributed by atoms with E-state index in [1.807, 2.05) is 11.3 Å². The molecule has 0 aliphatic carbocycles. The van der Waals surface area contributed by atoms with Crippen LogP contribution in [0, 0.1) is 0 Å². The second-order valence-corrected chi connectivity index (χ2v) is 14.1. The summed E-state index contributed by atoms with van der Waals surface area (Å²) >= 11 is 1.86. The molecule has 0 amide bonds. The Bertz CT molecular complexity index is 2900. The summed E-state index contributed by atoms with van der Waals surface area (Å²) in [5, 5.41) is 10.0. The molecular formula is C48H31NS. The van der Waals surface area contributed by atoms with Gasteiger partial charge in [-0.05, 0) is 121 Å². The smallest absolute Gasteiger partial charge is 0.0468 e. The first kappa shape index (κ1) is 28.8. The maximum atomic E-state index is 2.41. The third kappa shape index (κ3) is 5.01. The van der Waals surface area contributed by atoms with Crippen molar-refractivity contribution in [3.05, 3.63) is 188 Å². The molecule has 0 saturated carbocycles. The molecule has 10 rings (SSSR count). The number of hydrogen-bond donors (Lipinski definition) is 0. The van der Waals surface area contributed by atoms with Crippen molar-refractivity contribution in [2.45, 2.75) is 0 Å². The zero-order valence-electron chi connectivity index (χ0n) is 27.3. The van der Waals surface area contributed by atoms with Gasteiger partial charge in [0.1, 0.15) is 0 Å². The average Bonchev–Trinajstić information content (AvgIpc) is 3.56.